The van der Waals surface area contributed by atoms with Crippen molar-refractivity contribution in [2.24, 2.45) is 0 Å². The normalized spacial score (nSPS) is 9.89. The van der Waals surface area contributed by atoms with Crippen LogP contribution in [0, 0.1) is 20.2 Å². The number of hydrogen-bond acceptors (Lipinski definition) is 7. The molecule has 0 aliphatic heterocycles. The standard InChI is InChI=1S/C15H10ClN5O6S/c16-12-4-2-1-3-11(12)14(23)18-19-15(28)17-13(22)8-5-9(20(24)25)7-10(6-8)21(26)27/h1-7H,(H,18,23)(H2,17,19,22,28). The van der Waals surface area contributed by atoms with E-state index in [1.165, 1.54) is 12.1 Å². The number of halogens is 1. The average molecular weight is 424 g/mol. The molecule has 2 aromatic rings. The smallest absolute Gasteiger partial charge is 0.277 e. The van der Waals surface area contributed by atoms with Crippen molar-refractivity contribution in [3.05, 3.63) is 78.8 Å². The van der Waals surface area contributed by atoms with Gasteiger partial charge in [0.1, 0.15) is 0 Å². The highest BCUT2D eigenvalue weighted by atomic mass is 35.5. The van der Waals surface area contributed by atoms with Gasteiger partial charge in [-0.05, 0) is 24.4 Å². The van der Waals surface area contributed by atoms with Gasteiger partial charge >= 0.3 is 0 Å². The zero-order valence-corrected chi connectivity index (χ0v) is 15.2. The van der Waals surface area contributed by atoms with Gasteiger partial charge in [0, 0.05) is 12.1 Å². The van der Waals surface area contributed by atoms with E-state index in [1.807, 2.05) is 0 Å². The Bertz CT molecular complexity index is 966. The maximum Gasteiger partial charge on any atom is 0.277 e. The van der Waals surface area contributed by atoms with Crippen molar-refractivity contribution >= 4 is 52.1 Å². The van der Waals surface area contributed by atoms with E-state index < -0.39 is 33.0 Å². The second-order valence-corrected chi connectivity index (χ2v) is 5.91. The molecular formula is C15H10ClN5O6S. The maximum absolute atomic E-state index is 12.2. The molecule has 0 fully saturated rings. The van der Waals surface area contributed by atoms with Crippen molar-refractivity contribution in [3.63, 3.8) is 0 Å². The molecule has 2 aromatic carbocycles. The number of nitrogens with one attached hydrogen (secondary N) is 3. The molecule has 0 spiro atoms. The molecule has 0 saturated carbocycles. The molecular weight excluding hydrogens is 414 g/mol. The van der Waals surface area contributed by atoms with Gasteiger partial charge in [-0.1, -0.05) is 23.7 Å². The van der Waals surface area contributed by atoms with Crippen LogP contribution in [-0.4, -0.2) is 26.8 Å². The number of hydrogen-bond donors (Lipinski definition) is 3. The highest BCUT2D eigenvalue weighted by Gasteiger charge is 2.20. The minimum absolute atomic E-state index is 0.153. The molecule has 2 rings (SSSR count). The van der Waals surface area contributed by atoms with Gasteiger partial charge in [0.2, 0.25) is 0 Å². The van der Waals surface area contributed by atoms with E-state index in [4.69, 9.17) is 23.8 Å². The van der Waals surface area contributed by atoms with Crippen molar-refractivity contribution in [2.75, 3.05) is 0 Å². The summed E-state index contributed by atoms with van der Waals surface area (Å²) in [4.78, 5) is 44.1. The fourth-order valence-corrected chi connectivity index (χ4v) is 2.34. The summed E-state index contributed by atoms with van der Waals surface area (Å²) in [7, 11) is 0. The lowest BCUT2D eigenvalue weighted by Gasteiger charge is -2.11. The van der Waals surface area contributed by atoms with E-state index in [2.05, 4.69) is 16.2 Å². The molecule has 28 heavy (non-hydrogen) atoms. The SMILES string of the molecule is O=C(NC(=S)NNC(=O)c1ccccc1Cl)c1cc([N+](=O)[O-])cc([N+](=O)[O-])c1. The predicted molar refractivity (Wildman–Crippen MR) is 102 cm³/mol. The Morgan fingerprint density at radius 2 is 1.50 bits per heavy atom. The second-order valence-electron chi connectivity index (χ2n) is 5.09. The molecule has 0 heterocycles. The third-order valence-electron chi connectivity index (χ3n) is 3.22. The van der Waals surface area contributed by atoms with Crippen LogP contribution in [0.2, 0.25) is 5.02 Å². The van der Waals surface area contributed by atoms with Gasteiger partial charge in [0.15, 0.2) is 5.11 Å². The Morgan fingerprint density at radius 3 is 2.04 bits per heavy atom. The largest absolute Gasteiger partial charge is 0.298 e. The fourth-order valence-electron chi connectivity index (χ4n) is 1.97. The Morgan fingerprint density at radius 1 is 0.929 bits per heavy atom. The van der Waals surface area contributed by atoms with Crippen molar-refractivity contribution in [1.29, 1.82) is 0 Å². The summed E-state index contributed by atoms with van der Waals surface area (Å²) >= 11 is 10.7. The third-order valence-corrected chi connectivity index (χ3v) is 3.76. The zero-order valence-electron chi connectivity index (χ0n) is 13.7. The van der Waals surface area contributed by atoms with Gasteiger partial charge in [-0.15, -0.1) is 0 Å². The summed E-state index contributed by atoms with van der Waals surface area (Å²) in [5.74, 6) is -1.58. The molecule has 2 amide bonds. The quantitative estimate of drug-likeness (QED) is 0.383. The Labute approximate surface area is 166 Å². The molecule has 0 saturated heterocycles. The van der Waals surface area contributed by atoms with Gasteiger partial charge in [0.05, 0.1) is 32.1 Å². The number of carbonyl (C=O) groups excluding carboxylic acids is 2. The first-order valence-corrected chi connectivity index (χ1v) is 8.07. The number of non-ortho nitro benzene ring substituents is 2. The topological polar surface area (TPSA) is 157 Å². The van der Waals surface area contributed by atoms with Gasteiger partial charge < -0.3 is 0 Å². The van der Waals surface area contributed by atoms with Gasteiger partial charge in [-0.3, -0.25) is 46.0 Å². The van der Waals surface area contributed by atoms with Gasteiger partial charge in [-0.25, -0.2) is 0 Å². The Kier molecular flexibility index (Phi) is 6.52. The molecule has 13 heteroatoms. The van der Waals surface area contributed by atoms with E-state index in [0.717, 1.165) is 18.2 Å². The van der Waals surface area contributed by atoms with Crippen molar-refractivity contribution < 1.29 is 19.4 Å². The fraction of sp³-hybridized carbons (Fsp3) is 0. The van der Waals surface area contributed by atoms with Crippen molar-refractivity contribution in [2.45, 2.75) is 0 Å². The van der Waals surface area contributed by atoms with Crippen molar-refractivity contribution in [1.82, 2.24) is 16.2 Å². The van der Waals surface area contributed by atoms with Gasteiger partial charge in [0.25, 0.3) is 23.2 Å². The lowest BCUT2D eigenvalue weighted by atomic mass is 10.1. The zero-order chi connectivity index (χ0) is 20.8. The number of thiocarbonyl (C=S) groups is 1. The van der Waals surface area contributed by atoms with E-state index in [-0.39, 0.29) is 21.3 Å². The first-order valence-electron chi connectivity index (χ1n) is 7.29. The van der Waals surface area contributed by atoms with Crippen LogP contribution in [0.4, 0.5) is 11.4 Å². The summed E-state index contributed by atoms with van der Waals surface area (Å²) in [6, 6.07) is 8.62. The number of nitro benzene ring substituents is 2. The minimum Gasteiger partial charge on any atom is -0.298 e. The number of rotatable bonds is 4. The molecule has 0 unspecified atom stereocenters. The van der Waals surface area contributed by atoms with Crippen LogP contribution in [0.25, 0.3) is 0 Å². The highest BCUT2D eigenvalue weighted by Crippen LogP contribution is 2.22. The third kappa shape index (κ3) is 5.18. The summed E-state index contributed by atoms with van der Waals surface area (Å²) in [6.07, 6.45) is 0. The molecule has 144 valence electrons. The first-order chi connectivity index (χ1) is 13.2. The van der Waals surface area contributed by atoms with Crippen LogP contribution in [0.1, 0.15) is 20.7 Å². The lowest BCUT2D eigenvalue weighted by Crippen LogP contribution is -2.48. The van der Waals surface area contributed by atoms with Crippen LogP contribution in [0.3, 0.4) is 0 Å². The summed E-state index contributed by atoms with van der Waals surface area (Å²) < 4.78 is 0. The molecule has 11 nitrogen and oxygen atoms in total. The van der Waals surface area contributed by atoms with Crippen LogP contribution in [0.15, 0.2) is 42.5 Å². The van der Waals surface area contributed by atoms with E-state index in [9.17, 15) is 29.8 Å². The highest BCUT2D eigenvalue weighted by molar-refractivity contribution is 7.80. The van der Waals surface area contributed by atoms with E-state index in [0.29, 0.717) is 0 Å². The molecule has 0 aliphatic carbocycles. The monoisotopic (exact) mass is 423 g/mol. The first kappa shape index (κ1) is 20.7. The number of amides is 2. The van der Waals surface area contributed by atoms with Crippen LogP contribution in [0.5, 0.6) is 0 Å². The Balaban J connectivity index is 2.05. The number of nitro groups is 2. The number of nitrogens with zero attached hydrogens (tertiary/aromatic N) is 2. The maximum atomic E-state index is 12.2. The molecule has 0 aliphatic rings. The lowest BCUT2D eigenvalue weighted by molar-refractivity contribution is -0.394. The molecule has 0 atom stereocenters. The molecule has 0 radical (unpaired) electrons. The van der Waals surface area contributed by atoms with Crippen LogP contribution < -0.4 is 16.2 Å². The summed E-state index contributed by atoms with van der Waals surface area (Å²) in [6.45, 7) is 0. The van der Waals surface area contributed by atoms with Gasteiger partial charge in [-0.2, -0.15) is 0 Å². The number of hydrazine groups is 1. The second kappa shape index (κ2) is 8.83. The molecule has 0 aromatic heterocycles. The predicted octanol–water partition coefficient (Wildman–Crippen LogP) is 2.11. The molecule has 0 bridgehead atoms. The Hall–Kier alpha value is -3.64. The van der Waals surface area contributed by atoms with E-state index in [1.54, 1.807) is 12.1 Å². The molecule has 3 N–H and O–H groups in total. The van der Waals surface area contributed by atoms with Crippen LogP contribution >= 0.6 is 23.8 Å². The van der Waals surface area contributed by atoms with Crippen LogP contribution in [-0.2, 0) is 0 Å². The van der Waals surface area contributed by atoms with E-state index >= 15 is 0 Å². The minimum atomic E-state index is -0.948. The average Bonchev–Trinajstić information content (AvgIpc) is 2.65. The summed E-state index contributed by atoms with van der Waals surface area (Å²) in [5, 5.41) is 23.7. The number of carbonyl (C=O) groups is 2. The number of benzene rings is 2. The van der Waals surface area contributed by atoms with Crippen molar-refractivity contribution in [3.8, 4) is 0 Å². The summed E-state index contributed by atoms with van der Waals surface area (Å²) in [5.41, 5.74) is 2.99.